The minimum atomic E-state index is -0.673. The lowest BCUT2D eigenvalue weighted by atomic mass is 10.1. The molecule has 0 bridgehead atoms. The van der Waals surface area contributed by atoms with Crippen LogP contribution >= 0.6 is 11.6 Å². The Kier molecular flexibility index (Phi) is 4.68. The first-order chi connectivity index (χ1) is 10.1. The van der Waals surface area contributed by atoms with Gasteiger partial charge in [0.1, 0.15) is 0 Å². The molecule has 2 aromatic carbocycles. The van der Waals surface area contributed by atoms with Gasteiger partial charge in [0.2, 0.25) is 5.78 Å². The molecule has 0 aromatic heterocycles. The highest BCUT2D eigenvalue weighted by Gasteiger charge is 2.16. The van der Waals surface area contributed by atoms with Crippen molar-refractivity contribution in [1.82, 2.24) is 0 Å². The summed E-state index contributed by atoms with van der Waals surface area (Å²) in [5.74, 6) is -0.502. The van der Waals surface area contributed by atoms with E-state index in [4.69, 9.17) is 11.6 Å². The zero-order valence-electron chi connectivity index (χ0n) is 10.8. The fourth-order valence-electron chi connectivity index (χ4n) is 1.72. The van der Waals surface area contributed by atoms with Crippen LogP contribution in [-0.2, 0) is 0 Å². The third kappa shape index (κ3) is 4.15. The highest BCUT2D eigenvalue weighted by atomic mass is 35.5. The maximum absolute atomic E-state index is 12.3. The fourth-order valence-corrected chi connectivity index (χ4v) is 1.91. The van der Waals surface area contributed by atoms with E-state index in [2.05, 4.69) is 5.32 Å². The Hall–Kier alpha value is -2.66. The van der Waals surface area contributed by atoms with Crippen molar-refractivity contribution >= 4 is 23.1 Å². The molecular formula is C15H11ClN2O3. The number of nitrogens with one attached hydrogen (secondary N) is 1. The molecule has 5 nitrogen and oxygen atoms in total. The Morgan fingerprint density at radius 2 is 1.86 bits per heavy atom. The molecule has 0 amide bonds. The molecule has 0 saturated carbocycles. The molecule has 0 saturated heterocycles. The van der Waals surface area contributed by atoms with Gasteiger partial charge in [0.05, 0.1) is 4.92 Å². The Bertz CT molecular complexity index is 699. The van der Waals surface area contributed by atoms with Crippen molar-refractivity contribution in [3.63, 3.8) is 0 Å². The van der Waals surface area contributed by atoms with Crippen LogP contribution in [0.5, 0.6) is 0 Å². The maximum Gasteiger partial charge on any atom is 0.261 e. The number of anilines is 1. The molecule has 0 unspecified atom stereocenters. The number of hydrogen-bond acceptors (Lipinski definition) is 4. The monoisotopic (exact) mass is 302 g/mol. The number of carbonyl (C=O) groups is 1. The van der Waals surface area contributed by atoms with Gasteiger partial charge in [-0.25, -0.2) is 0 Å². The van der Waals surface area contributed by atoms with Gasteiger partial charge in [-0.15, -0.1) is 0 Å². The average Bonchev–Trinajstić information content (AvgIpc) is 2.46. The molecule has 106 valence electrons. The molecule has 0 aliphatic carbocycles. The summed E-state index contributed by atoms with van der Waals surface area (Å²) in [4.78, 5) is 22.4. The lowest BCUT2D eigenvalue weighted by Crippen LogP contribution is -2.13. The molecule has 0 fully saturated rings. The molecule has 0 aliphatic heterocycles. The van der Waals surface area contributed by atoms with E-state index in [0.717, 1.165) is 0 Å². The summed E-state index contributed by atoms with van der Waals surface area (Å²) in [5.41, 5.74) is 0.730. The number of nitrogens with zero attached hydrogens (tertiary/aromatic N) is 1. The van der Waals surface area contributed by atoms with Crippen LogP contribution in [0.3, 0.4) is 0 Å². The van der Waals surface area contributed by atoms with E-state index in [0.29, 0.717) is 16.9 Å². The largest absolute Gasteiger partial charge is 0.347 e. The van der Waals surface area contributed by atoms with E-state index in [-0.39, 0.29) is 11.3 Å². The van der Waals surface area contributed by atoms with Gasteiger partial charge >= 0.3 is 0 Å². The first-order valence-electron chi connectivity index (χ1n) is 6.04. The van der Waals surface area contributed by atoms with Crippen molar-refractivity contribution in [2.24, 2.45) is 0 Å². The zero-order chi connectivity index (χ0) is 15.2. The minimum Gasteiger partial charge on any atom is -0.347 e. The van der Waals surface area contributed by atoms with Gasteiger partial charge in [-0.3, -0.25) is 14.9 Å². The van der Waals surface area contributed by atoms with Gasteiger partial charge < -0.3 is 5.32 Å². The lowest BCUT2D eigenvalue weighted by Gasteiger charge is -2.08. The van der Waals surface area contributed by atoms with E-state index in [1.54, 1.807) is 48.5 Å². The molecule has 6 heteroatoms. The highest BCUT2D eigenvalue weighted by Crippen LogP contribution is 2.17. The van der Waals surface area contributed by atoms with E-state index in [9.17, 15) is 14.9 Å². The van der Waals surface area contributed by atoms with Crippen LogP contribution in [0.1, 0.15) is 10.4 Å². The SMILES string of the molecule is O=C(/C(=C/[N+](=O)[O-])Nc1ccccc1)c1cccc(Cl)c1. The topological polar surface area (TPSA) is 72.2 Å². The summed E-state index contributed by atoms with van der Waals surface area (Å²) in [6.45, 7) is 0. The third-order valence-corrected chi connectivity index (χ3v) is 2.85. The first kappa shape index (κ1) is 14.7. The van der Waals surface area contributed by atoms with Gasteiger partial charge in [-0.05, 0) is 24.3 Å². The normalized spacial score (nSPS) is 11.0. The van der Waals surface area contributed by atoms with Crippen molar-refractivity contribution in [3.8, 4) is 0 Å². The molecule has 0 heterocycles. The van der Waals surface area contributed by atoms with Crippen LogP contribution < -0.4 is 5.32 Å². The number of para-hydroxylation sites is 1. The number of benzene rings is 2. The van der Waals surface area contributed by atoms with E-state index < -0.39 is 10.7 Å². The van der Waals surface area contributed by atoms with Crippen molar-refractivity contribution in [3.05, 3.63) is 87.2 Å². The zero-order valence-corrected chi connectivity index (χ0v) is 11.6. The summed E-state index contributed by atoms with van der Waals surface area (Å²) in [7, 11) is 0. The Balaban J connectivity index is 2.33. The van der Waals surface area contributed by atoms with Crippen LogP contribution in [0.15, 0.2) is 66.5 Å². The van der Waals surface area contributed by atoms with E-state index >= 15 is 0 Å². The predicted octanol–water partition coefficient (Wildman–Crippen LogP) is 3.75. The molecule has 0 aliphatic rings. The van der Waals surface area contributed by atoms with Crippen LogP contribution in [0.25, 0.3) is 0 Å². The van der Waals surface area contributed by atoms with Gasteiger partial charge in [0.25, 0.3) is 6.20 Å². The number of rotatable bonds is 5. The number of hydrogen-bond donors (Lipinski definition) is 1. The van der Waals surface area contributed by atoms with Crippen LogP contribution in [-0.4, -0.2) is 10.7 Å². The molecular weight excluding hydrogens is 292 g/mol. The minimum absolute atomic E-state index is 0.131. The molecule has 2 aromatic rings. The van der Waals surface area contributed by atoms with Crippen molar-refractivity contribution in [2.75, 3.05) is 5.32 Å². The summed E-state index contributed by atoms with van der Waals surface area (Å²) in [5, 5.41) is 13.9. The molecule has 21 heavy (non-hydrogen) atoms. The second-order valence-corrected chi connectivity index (χ2v) is 4.60. The third-order valence-electron chi connectivity index (χ3n) is 2.62. The fraction of sp³-hybridized carbons (Fsp3) is 0. The van der Waals surface area contributed by atoms with Gasteiger partial charge in [-0.1, -0.05) is 41.9 Å². The van der Waals surface area contributed by atoms with Crippen molar-refractivity contribution < 1.29 is 9.72 Å². The summed E-state index contributed by atoms with van der Waals surface area (Å²) in [6, 6.07) is 15.0. The quantitative estimate of drug-likeness (QED) is 0.395. The van der Waals surface area contributed by atoms with Crippen LogP contribution in [0, 0.1) is 10.1 Å². The Morgan fingerprint density at radius 3 is 2.48 bits per heavy atom. The summed E-state index contributed by atoms with van der Waals surface area (Å²) in [6.07, 6.45) is 0.649. The molecule has 0 atom stereocenters. The van der Waals surface area contributed by atoms with Crippen molar-refractivity contribution in [1.29, 1.82) is 0 Å². The first-order valence-corrected chi connectivity index (χ1v) is 6.42. The standard InChI is InChI=1S/C15H11ClN2O3/c16-12-6-4-5-11(9-12)15(19)14(10-18(20)21)17-13-7-2-1-3-8-13/h1-10,17H/b14-10-. The number of nitro groups is 1. The van der Waals surface area contributed by atoms with E-state index in [1.165, 1.54) is 6.07 Å². The second kappa shape index (κ2) is 6.67. The van der Waals surface area contributed by atoms with Crippen LogP contribution in [0.2, 0.25) is 5.02 Å². The second-order valence-electron chi connectivity index (χ2n) is 4.16. The number of carbonyl (C=O) groups excluding carboxylic acids is 1. The predicted molar refractivity (Wildman–Crippen MR) is 80.9 cm³/mol. The average molecular weight is 303 g/mol. The number of halogens is 1. The van der Waals surface area contributed by atoms with Gasteiger partial charge in [0, 0.05) is 16.3 Å². The number of ketones is 1. The smallest absolute Gasteiger partial charge is 0.261 e. The number of Topliss-reactive ketones (excluding diaryl/α,β-unsaturated/α-hetero) is 1. The summed E-state index contributed by atoms with van der Waals surface area (Å²) < 4.78 is 0. The van der Waals surface area contributed by atoms with Crippen LogP contribution in [0.4, 0.5) is 5.69 Å². The maximum atomic E-state index is 12.3. The molecule has 0 radical (unpaired) electrons. The Labute approximate surface area is 126 Å². The summed E-state index contributed by atoms with van der Waals surface area (Å²) >= 11 is 5.83. The van der Waals surface area contributed by atoms with Crippen molar-refractivity contribution in [2.45, 2.75) is 0 Å². The van der Waals surface area contributed by atoms with Gasteiger partial charge in [-0.2, -0.15) is 0 Å². The highest BCUT2D eigenvalue weighted by molar-refractivity contribution is 6.31. The molecule has 2 rings (SSSR count). The molecule has 1 N–H and O–H groups in total. The van der Waals surface area contributed by atoms with Gasteiger partial charge in [0.15, 0.2) is 5.70 Å². The van der Waals surface area contributed by atoms with E-state index in [1.807, 2.05) is 0 Å². The lowest BCUT2D eigenvalue weighted by molar-refractivity contribution is -0.403. The molecule has 0 spiro atoms. The Morgan fingerprint density at radius 1 is 1.14 bits per heavy atom. The number of allylic oxidation sites excluding steroid dienone is 1.